The zero-order valence-electron chi connectivity index (χ0n) is 11.8. The topological polar surface area (TPSA) is 57.2 Å². The summed E-state index contributed by atoms with van der Waals surface area (Å²) in [6, 6.07) is 0. The predicted molar refractivity (Wildman–Crippen MR) is 70.1 cm³/mol. The average molecular weight is 275 g/mol. The van der Waals surface area contributed by atoms with Crippen LogP contribution in [0.4, 0.5) is 0 Å². The molecule has 0 bridgehead atoms. The number of methoxy groups -OCH3 is 1. The van der Waals surface area contributed by atoms with Crippen molar-refractivity contribution < 1.29 is 23.7 Å². The molecule has 0 aromatic rings. The minimum absolute atomic E-state index is 0.00631. The van der Waals surface area contributed by atoms with E-state index in [9.17, 15) is 4.79 Å². The number of hydrogen-bond donors (Lipinski definition) is 0. The van der Waals surface area contributed by atoms with E-state index in [0.29, 0.717) is 33.0 Å². The zero-order chi connectivity index (χ0) is 13.8. The Balaban J connectivity index is 1.82. The van der Waals surface area contributed by atoms with Crippen molar-refractivity contribution in [1.82, 2.24) is 4.90 Å². The standard InChI is InChI=1S/C13H25NO5/c1-16-8-9-17-10-11-18-12-13(15)19-7-6-14-4-2-3-5-14/h2-12H2,1H3. The molecule has 6 heteroatoms. The fourth-order valence-corrected chi connectivity index (χ4v) is 1.85. The van der Waals surface area contributed by atoms with Crippen molar-refractivity contribution in [3.8, 4) is 0 Å². The lowest BCUT2D eigenvalue weighted by Crippen LogP contribution is -2.26. The van der Waals surface area contributed by atoms with E-state index in [-0.39, 0.29) is 12.6 Å². The lowest BCUT2D eigenvalue weighted by molar-refractivity contribution is -0.149. The van der Waals surface area contributed by atoms with Crippen LogP contribution in [0, 0.1) is 0 Å². The Morgan fingerprint density at radius 2 is 1.68 bits per heavy atom. The molecule has 1 fully saturated rings. The molecule has 6 nitrogen and oxygen atoms in total. The molecule has 0 N–H and O–H groups in total. The molecule has 1 rings (SSSR count). The third kappa shape index (κ3) is 8.93. The molecule has 0 aliphatic carbocycles. The molecular formula is C13H25NO5. The number of hydrogen-bond acceptors (Lipinski definition) is 6. The molecule has 0 unspecified atom stereocenters. The monoisotopic (exact) mass is 275 g/mol. The Morgan fingerprint density at radius 1 is 1.00 bits per heavy atom. The normalized spacial score (nSPS) is 15.8. The van der Waals surface area contributed by atoms with E-state index in [4.69, 9.17) is 18.9 Å². The first-order valence-corrected chi connectivity index (χ1v) is 6.85. The number of ether oxygens (including phenoxy) is 4. The lowest BCUT2D eigenvalue weighted by atomic mass is 10.4. The van der Waals surface area contributed by atoms with Crippen LogP contribution in [-0.2, 0) is 23.7 Å². The van der Waals surface area contributed by atoms with E-state index in [0.717, 1.165) is 19.6 Å². The van der Waals surface area contributed by atoms with Crippen molar-refractivity contribution in [2.75, 3.05) is 66.4 Å². The highest BCUT2D eigenvalue weighted by atomic mass is 16.6. The van der Waals surface area contributed by atoms with Gasteiger partial charge in [-0.1, -0.05) is 0 Å². The van der Waals surface area contributed by atoms with Crippen LogP contribution >= 0.6 is 0 Å². The Hall–Kier alpha value is -0.690. The van der Waals surface area contributed by atoms with Gasteiger partial charge in [0.25, 0.3) is 0 Å². The maximum Gasteiger partial charge on any atom is 0.332 e. The van der Waals surface area contributed by atoms with Gasteiger partial charge in [-0.05, 0) is 25.9 Å². The molecule has 1 saturated heterocycles. The number of rotatable bonds is 11. The maximum atomic E-state index is 11.3. The highest BCUT2D eigenvalue weighted by molar-refractivity contribution is 5.70. The molecule has 0 atom stereocenters. The number of likely N-dealkylation sites (tertiary alicyclic amines) is 1. The summed E-state index contributed by atoms with van der Waals surface area (Å²) in [7, 11) is 1.62. The number of nitrogens with zero attached hydrogens (tertiary/aromatic N) is 1. The van der Waals surface area contributed by atoms with Crippen LogP contribution < -0.4 is 0 Å². The van der Waals surface area contributed by atoms with Gasteiger partial charge in [0.15, 0.2) is 0 Å². The van der Waals surface area contributed by atoms with Crippen LogP contribution in [0.5, 0.6) is 0 Å². The highest BCUT2D eigenvalue weighted by Crippen LogP contribution is 2.05. The second kappa shape index (κ2) is 11.2. The Kier molecular flexibility index (Phi) is 9.61. The Labute approximate surface area is 114 Å². The second-order valence-electron chi connectivity index (χ2n) is 4.43. The molecular weight excluding hydrogens is 250 g/mol. The van der Waals surface area contributed by atoms with Crippen molar-refractivity contribution in [2.24, 2.45) is 0 Å². The number of carbonyl (C=O) groups is 1. The summed E-state index contributed by atoms with van der Waals surface area (Å²) in [4.78, 5) is 13.6. The minimum atomic E-state index is -0.309. The molecule has 0 amide bonds. The molecule has 1 aliphatic heterocycles. The molecule has 0 aromatic carbocycles. The third-order valence-electron chi connectivity index (χ3n) is 2.89. The van der Waals surface area contributed by atoms with Crippen LogP contribution in [0.15, 0.2) is 0 Å². The van der Waals surface area contributed by atoms with Crippen molar-refractivity contribution in [1.29, 1.82) is 0 Å². The first kappa shape index (κ1) is 16.4. The first-order valence-electron chi connectivity index (χ1n) is 6.85. The quantitative estimate of drug-likeness (QED) is 0.399. The largest absolute Gasteiger partial charge is 0.463 e. The van der Waals surface area contributed by atoms with Crippen molar-refractivity contribution in [3.05, 3.63) is 0 Å². The third-order valence-corrected chi connectivity index (χ3v) is 2.89. The van der Waals surface area contributed by atoms with Crippen LogP contribution in [0.25, 0.3) is 0 Å². The van der Waals surface area contributed by atoms with Crippen LogP contribution in [0.2, 0.25) is 0 Å². The van der Waals surface area contributed by atoms with Crippen LogP contribution in [0.3, 0.4) is 0 Å². The number of carbonyl (C=O) groups excluding carboxylic acids is 1. The van der Waals surface area contributed by atoms with Crippen LogP contribution in [-0.4, -0.2) is 77.3 Å². The molecule has 112 valence electrons. The fourth-order valence-electron chi connectivity index (χ4n) is 1.85. The SMILES string of the molecule is COCCOCCOCC(=O)OCCN1CCCC1. The smallest absolute Gasteiger partial charge is 0.332 e. The van der Waals surface area contributed by atoms with Gasteiger partial charge in [-0.25, -0.2) is 4.79 Å². The maximum absolute atomic E-state index is 11.3. The van der Waals surface area contributed by atoms with E-state index in [1.165, 1.54) is 12.8 Å². The van der Waals surface area contributed by atoms with E-state index < -0.39 is 0 Å². The molecule has 0 aromatic heterocycles. The molecule has 0 saturated carbocycles. The number of esters is 1. The molecule has 0 spiro atoms. The lowest BCUT2D eigenvalue weighted by Gasteiger charge is -2.14. The van der Waals surface area contributed by atoms with Crippen molar-refractivity contribution >= 4 is 5.97 Å². The van der Waals surface area contributed by atoms with E-state index in [2.05, 4.69) is 4.90 Å². The minimum Gasteiger partial charge on any atom is -0.463 e. The predicted octanol–water partition coefficient (Wildman–Crippen LogP) is 0.305. The van der Waals surface area contributed by atoms with Gasteiger partial charge in [-0.3, -0.25) is 4.90 Å². The van der Waals surface area contributed by atoms with Crippen LogP contribution in [0.1, 0.15) is 12.8 Å². The summed E-state index contributed by atoms with van der Waals surface area (Å²) in [5, 5.41) is 0. The zero-order valence-corrected chi connectivity index (χ0v) is 11.8. The van der Waals surface area contributed by atoms with Gasteiger partial charge in [0, 0.05) is 13.7 Å². The molecule has 19 heavy (non-hydrogen) atoms. The Bertz CT molecular complexity index is 231. The van der Waals surface area contributed by atoms with Crippen molar-refractivity contribution in [2.45, 2.75) is 12.8 Å². The van der Waals surface area contributed by atoms with Gasteiger partial charge in [-0.2, -0.15) is 0 Å². The summed E-state index contributed by atoms with van der Waals surface area (Å²) in [5.41, 5.74) is 0. The summed E-state index contributed by atoms with van der Waals surface area (Å²) in [5.74, 6) is -0.309. The van der Waals surface area contributed by atoms with Gasteiger partial charge in [0.2, 0.25) is 0 Å². The van der Waals surface area contributed by atoms with Gasteiger partial charge < -0.3 is 18.9 Å². The van der Waals surface area contributed by atoms with Gasteiger partial charge in [0.1, 0.15) is 13.2 Å². The summed E-state index contributed by atoms with van der Waals surface area (Å²) in [6.07, 6.45) is 2.50. The molecule has 0 radical (unpaired) electrons. The fraction of sp³-hybridized carbons (Fsp3) is 0.923. The Morgan fingerprint density at radius 3 is 2.42 bits per heavy atom. The average Bonchev–Trinajstić information content (AvgIpc) is 2.91. The van der Waals surface area contributed by atoms with E-state index in [1.54, 1.807) is 7.11 Å². The van der Waals surface area contributed by atoms with Crippen molar-refractivity contribution in [3.63, 3.8) is 0 Å². The summed E-state index contributed by atoms with van der Waals surface area (Å²) in [6.45, 7) is 5.47. The summed E-state index contributed by atoms with van der Waals surface area (Å²) >= 11 is 0. The van der Waals surface area contributed by atoms with E-state index >= 15 is 0 Å². The van der Waals surface area contributed by atoms with E-state index in [1.807, 2.05) is 0 Å². The molecule has 1 heterocycles. The second-order valence-corrected chi connectivity index (χ2v) is 4.43. The summed E-state index contributed by atoms with van der Waals surface area (Å²) < 4.78 is 20.3. The van der Waals surface area contributed by atoms with Gasteiger partial charge >= 0.3 is 5.97 Å². The highest BCUT2D eigenvalue weighted by Gasteiger charge is 2.11. The van der Waals surface area contributed by atoms with Gasteiger partial charge in [-0.15, -0.1) is 0 Å². The first-order chi connectivity index (χ1) is 9.33. The molecule has 1 aliphatic rings. The van der Waals surface area contributed by atoms with Gasteiger partial charge in [0.05, 0.1) is 26.4 Å².